The van der Waals surface area contributed by atoms with Crippen molar-refractivity contribution in [1.82, 2.24) is 9.21 Å². The van der Waals surface area contributed by atoms with Crippen molar-refractivity contribution in [2.45, 2.75) is 51.0 Å². The lowest BCUT2D eigenvalue weighted by Gasteiger charge is -2.37. The van der Waals surface area contributed by atoms with Crippen molar-refractivity contribution in [2.24, 2.45) is 0 Å². The molecule has 26 heavy (non-hydrogen) atoms. The minimum absolute atomic E-state index is 0.202. The predicted molar refractivity (Wildman–Crippen MR) is 97.6 cm³/mol. The summed E-state index contributed by atoms with van der Waals surface area (Å²) in [6.45, 7) is 6.24. The summed E-state index contributed by atoms with van der Waals surface area (Å²) in [5, 5.41) is 0. The number of carbonyl (C=O) groups is 1. The fraction of sp³-hybridized carbons (Fsp3) is 0.611. The van der Waals surface area contributed by atoms with Crippen LogP contribution in [0.25, 0.3) is 0 Å². The maximum Gasteiger partial charge on any atom is 0.410 e. The Hall–Kier alpha value is -1.67. The highest BCUT2D eigenvalue weighted by Crippen LogP contribution is 2.21. The third-order valence-electron chi connectivity index (χ3n) is 4.26. The van der Waals surface area contributed by atoms with E-state index in [1.54, 1.807) is 25.7 Å². The molecular formula is C18H27FN2O4S. The van der Waals surface area contributed by atoms with Crippen LogP contribution < -0.4 is 0 Å². The first-order valence-electron chi connectivity index (χ1n) is 8.66. The predicted octanol–water partition coefficient (Wildman–Crippen LogP) is 2.99. The Morgan fingerprint density at radius 1 is 1.31 bits per heavy atom. The Morgan fingerprint density at radius 2 is 1.92 bits per heavy atom. The van der Waals surface area contributed by atoms with Gasteiger partial charge in [0.15, 0.2) is 0 Å². The molecule has 0 N–H and O–H groups in total. The van der Waals surface area contributed by atoms with Crippen LogP contribution in [0, 0.1) is 5.82 Å². The number of piperidine rings is 1. The number of amides is 1. The number of nitrogens with zero attached hydrogens (tertiary/aromatic N) is 2. The van der Waals surface area contributed by atoms with Crippen LogP contribution in [0.5, 0.6) is 0 Å². The maximum atomic E-state index is 13.0. The molecule has 8 heteroatoms. The molecule has 1 aliphatic rings. The van der Waals surface area contributed by atoms with Gasteiger partial charge in [0.05, 0.1) is 5.75 Å². The van der Waals surface area contributed by atoms with Gasteiger partial charge in [0, 0.05) is 26.2 Å². The van der Waals surface area contributed by atoms with Gasteiger partial charge in [0.1, 0.15) is 11.4 Å². The largest absolute Gasteiger partial charge is 0.444 e. The minimum atomic E-state index is -3.58. The summed E-state index contributed by atoms with van der Waals surface area (Å²) in [5.74, 6) is -0.605. The van der Waals surface area contributed by atoms with Gasteiger partial charge in [0.25, 0.3) is 0 Å². The van der Waals surface area contributed by atoms with E-state index in [-0.39, 0.29) is 11.8 Å². The molecule has 1 saturated heterocycles. The Bertz CT molecular complexity index is 729. The summed E-state index contributed by atoms with van der Waals surface area (Å²) in [7, 11) is -2.05. The fourth-order valence-electron chi connectivity index (χ4n) is 2.86. The van der Waals surface area contributed by atoms with Crippen LogP contribution in [0.1, 0.15) is 39.2 Å². The molecule has 6 nitrogen and oxygen atoms in total. The average Bonchev–Trinajstić information content (AvgIpc) is 2.54. The average molecular weight is 386 g/mol. The summed E-state index contributed by atoms with van der Waals surface area (Å²) in [5.41, 5.74) is -0.0667. The van der Waals surface area contributed by atoms with Crippen molar-refractivity contribution >= 4 is 16.1 Å². The summed E-state index contributed by atoms with van der Waals surface area (Å²) >= 11 is 0. The van der Waals surface area contributed by atoms with Gasteiger partial charge in [-0.3, -0.25) is 0 Å². The standard InChI is InChI=1S/C18H27FN2O4S/c1-18(2,3)25-17(22)21-11-5-6-16(12-21)20(4)26(23,24)13-14-7-9-15(19)10-8-14/h7-10,16H,5-6,11-13H2,1-4H3. The number of rotatable bonds is 4. The van der Waals surface area contributed by atoms with Crippen LogP contribution in [-0.2, 0) is 20.5 Å². The van der Waals surface area contributed by atoms with E-state index in [0.717, 1.165) is 0 Å². The fourth-order valence-corrected chi connectivity index (χ4v) is 4.31. The van der Waals surface area contributed by atoms with Crippen LogP contribution in [0.3, 0.4) is 0 Å². The van der Waals surface area contributed by atoms with Gasteiger partial charge in [-0.2, -0.15) is 4.31 Å². The molecule has 1 fully saturated rings. The molecule has 1 aromatic rings. The van der Waals surface area contributed by atoms with E-state index in [4.69, 9.17) is 4.74 Å². The second-order valence-electron chi connectivity index (χ2n) is 7.62. The lowest BCUT2D eigenvalue weighted by Crippen LogP contribution is -2.51. The van der Waals surface area contributed by atoms with Crippen molar-refractivity contribution in [1.29, 1.82) is 0 Å². The summed E-state index contributed by atoms with van der Waals surface area (Å²) in [6, 6.07) is 5.12. The molecule has 2 rings (SSSR count). The lowest BCUT2D eigenvalue weighted by molar-refractivity contribution is 0.0163. The molecule has 1 unspecified atom stereocenters. The van der Waals surface area contributed by atoms with Crippen molar-refractivity contribution < 1.29 is 22.3 Å². The lowest BCUT2D eigenvalue weighted by atomic mass is 10.1. The molecule has 146 valence electrons. The quantitative estimate of drug-likeness (QED) is 0.798. The topological polar surface area (TPSA) is 66.9 Å². The Morgan fingerprint density at radius 3 is 2.50 bits per heavy atom. The highest BCUT2D eigenvalue weighted by Gasteiger charge is 2.33. The molecule has 0 radical (unpaired) electrons. The van der Waals surface area contributed by atoms with E-state index >= 15 is 0 Å². The normalized spacial score (nSPS) is 18.8. The Kier molecular flexibility index (Phi) is 6.29. The highest BCUT2D eigenvalue weighted by molar-refractivity contribution is 7.88. The molecule has 1 aliphatic heterocycles. The molecular weight excluding hydrogens is 359 g/mol. The van der Waals surface area contributed by atoms with Crippen LogP contribution in [-0.4, -0.2) is 55.5 Å². The first-order valence-corrected chi connectivity index (χ1v) is 10.3. The molecule has 1 atom stereocenters. The van der Waals surface area contributed by atoms with Gasteiger partial charge in [-0.1, -0.05) is 12.1 Å². The van der Waals surface area contributed by atoms with Gasteiger partial charge in [-0.05, 0) is 51.3 Å². The molecule has 0 bridgehead atoms. The number of hydrogen-bond donors (Lipinski definition) is 0. The smallest absolute Gasteiger partial charge is 0.410 e. The number of carbonyl (C=O) groups excluding carboxylic acids is 1. The molecule has 1 amide bonds. The number of halogens is 1. The van der Waals surface area contributed by atoms with E-state index in [0.29, 0.717) is 31.5 Å². The summed E-state index contributed by atoms with van der Waals surface area (Å²) in [4.78, 5) is 13.8. The zero-order valence-electron chi connectivity index (χ0n) is 15.7. The van der Waals surface area contributed by atoms with Gasteiger partial charge in [0.2, 0.25) is 10.0 Å². The van der Waals surface area contributed by atoms with Gasteiger partial charge in [-0.25, -0.2) is 17.6 Å². The zero-order valence-corrected chi connectivity index (χ0v) is 16.6. The Balaban J connectivity index is 2.04. The number of sulfonamides is 1. The number of likely N-dealkylation sites (tertiary alicyclic amines) is 1. The second-order valence-corrected chi connectivity index (χ2v) is 9.65. The van der Waals surface area contributed by atoms with Crippen molar-refractivity contribution in [2.75, 3.05) is 20.1 Å². The molecule has 0 saturated carbocycles. The number of hydrogen-bond acceptors (Lipinski definition) is 4. The molecule has 0 aliphatic carbocycles. The first kappa shape index (κ1) is 20.6. The minimum Gasteiger partial charge on any atom is -0.444 e. The third kappa shape index (κ3) is 5.67. The maximum absolute atomic E-state index is 13.0. The second kappa shape index (κ2) is 7.92. The number of benzene rings is 1. The van der Waals surface area contributed by atoms with E-state index in [1.807, 2.05) is 0 Å². The molecule has 1 heterocycles. The van der Waals surface area contributed by atoms with Crippen molar-refractivity contribution in [3.63, 3.8) is 0 Å². The van der Waals surface area contributed by atoms with Crippen LogP contribution >= 0.6 is 0 Å². The van der Waals surface area contributed by atoms with Crippen LogP contribution in [0.2, 0.25) is 0 Å². The highest BCUT2D eigenvalue weighted by atomic mass is 32.2. The SMILES string of the molecule is CN(C1CCCN(C(=O)OC(C)(C)C)C1)S(=O)(=O)Cc1ccc(F)cc1. The molecule has 0 aromatic heterocycles. The first-order chi connectivity index (χ1) is 12.0. The van der Waals surface area contributed by atoms with E-state index < -0.39 is 27.5 Å². The van der Waals surface area contributed by atoms with Gasteiger partial charge < -0.3 is 9.64 Å². The van der Waals surface area contributed by atoms with Gasteiger partial charge >= 0.3 is 6.09 Å². The van der Waals surface area contributed by atoms with Crippen LogP contribution in [0.15, 0.2) is 24.3 Å². The summed E-state index contributed by atoms with van der Waals surface area (Å²) in [6.07, 6.45) is 0.963. The molecule has 0 spiro atoms. The zero-order chi connectivity index (χ0) is 19.5. The number of ether oxygens (including phenoxy) is 1. The van der Waals surface area contributed by atoms with Gasteiger partial charge in [-0.15, -0.1) is 0 Å². The van der Waals surface area contributed by atoms with E-state index in [1.165, 1.54) is 35.6 Å². The third-order valence-corrected chi connectivity index (χ3v) is 6.14. The van der Waals surface area contributed by atoms with Crippen molar-refractivity contribution in [3.8, 4) is 0 Å². The van der Waals surface area contributed by atoms with Crippen LogP contribution in [0.4, 0.5) is 9.18 Å². The van der Waals surface area contributed by atoms with Crippen molar-refractivity contribution in [3.05, 3.63) is 35.6 Å². The Labute approximate surface area is 155 Å². The summed E-state index contributed by atoms with van der Waals surface area (Å²) < 4.78 is 45.1. The van der Waals surface area contributed by atoms with E-state index in [9.17, 15) is 17.6 Å². The monoisotopic (exact) mass is 386 g/mol. The molecule has 1 aromatic carbocycles. The van der Waals surface area contributed by atoms with E-state index in [2.05, 4.69) is 0 Å². The number of likely N-dealkylation sites (N-methyl/N-ethyl adjacent to an activating group) is 1.